The number of alkyl halides is 3. The van der Waals surface area contributed by atoms with Gasteiger partial charge in [-0.15, -0.1) is 13.2 Å². The van der Waals surface area contributed by atoms with Crippen molar-refractivity contribution in [1.82, 2.24) is 4.90 Å². The molecule has 1 amide bonds. The van der Waals surface area contributed by atoms with Crippen LogP contribution in [0.2, 0.25) is 0 Å². The normalized spacial score (nSPS) is 15.7. The molecule has 1 aliphatic heterocycles. The summed E-state index contributed by atoms with van der Waals surface area (Å²) in [6.07, 6.45) is -5.26. The predicted molar refractivity (Wildman–Crippen MR) is 78.8 cm³/mol. The first kappa shape index (κ1) is 18.1. The van der Waals surface area contributed by atoms with Crippen LogP contribution in [-0.4, -0.2) is 41.8 Å². The van der Waals surface area contributed by atoms with Crippen LogP contribution >= 0.6 is 0 Å². The van der Waals surface area contributed by atoms with Gasteiger partial charge < -0.3 is 14.4 Å². The summed E-state index contributed by atoms with van der Waals surface area (Å²) in [6.45, 7) is 5.71. The molecule has 1 heterocycles. The maximum atomic E-state index is 12.2. The molecule has 0 N–H and O–H groups in total. The number of ether oxygens (including phenoxy) is 2. The number of nitrogens with zero attached hydrogens (tertiary/aromatic N) is 1. The minimum Gasteiger partial charge on any atom is -0.444 e. The zero-order valence-corrected chi connectivity index (χ0v) is 13.5. The minimum atomic E-state index is -4.77. The van der Waals surface area contributed by atoms with Crippen molar-refractivity contribution < 1.29 is 32.2 Å². The lowest BCUT2D eigenvalue weighted by molar-refractivity contribution is -0.274. The molecule has 1 saturated heterocycles. The van der Waals surface area contributed by atoms with E-state index in [4.69, 9.17) is 4.74 Å². The number of carbonyl (C=O) groups is 2. The van der Waals surface area contributed by atoms with Crippen molar-refractivity contribution in [2.45, 2.75) is 32.7 Å². The van der Waals surface area contributed by atoms with Gasteiger partial charge in [-0.05, 0) is 45.0 Å². The third kappa shape index (κ3) is 4.87. The van der Waals surface area contributed by atoms with Gasteiger partial charge in [0.05, 0.1) is 5.92 Å². The maximum Gasteiger partial charge on any atom is 0.573 e. The lowest BCUT2D eigenvalue weighted by Gasteiger charge is -2.38. The van der Waals surface area contributed by atoms with Gasteiger partial charge in [-0.3, -0.25) is 4.79 Å². The smallest absolute Gasteiger partial charge is 0.444 e. The van der Waals surface area contributed by atoms with Crippen LogP contribution in [0.3, 0.4) is 0 Å². The first-order chi connectivity index (χ1) is 10.9. The van der Waals surface area contributed by atoms with Gasteiger partial charge in [0.15, 0.2) is 5.78 Å². The molecule has 24 heavy (non-hydrogen) atoms. The zero-order chi connectivity index (χ0) is 18.1. The van der Waals surface area contributed by atoms with E-state index in [1.54, 1.807) is 20.8 Å². The van der Waals surface area contributed by atoms with Crippen LogP contribution in [-0.2, 0) is 4.74 Å². The number of halogens is 3. The van der Waals surface area contributed by atoms with Crippen molar-refractivity contribution in [3.63, 3.8) is 0 Å². The lowest BCUT2D eigenvalue weighted by atomic mass is 9.91. The van der Waals surface area contributed by atoms with E-state index in [2.05, 4.69) is 4.74 Å². The van der Waals surface area contributed by atoms with Crippen molar-refractivity contribution in [3.05, 3.63) is 29.8 Å². The molecule has 0 radical (unpaired) electrons. The zero-order valence-electron chi connectivity index (χ0n) is 13.5. The van der Waals surface area contributed by atoms with Gasteiger partial charge in [-0.2, -0.15) is 0 Å². The molecule has 0 saturated carbocycles. The Bertz CT molecular complexity index is 614. The second-order valence-corrected chi connectivity index (χ2v) is 6.52. The van der Waals surface area contributed by atoms with Gasteiger partial charge >= 0.3 is 12.5 Å². The van der Waals surface area contributed by atoms with Crippen LogP contribution in [0.1, 0.15) is 31.1 Å². The fraction of sp³-hybridized carbons (Fsp3) is 0.500. The number of amides is 1. The van der Waals surface area contributed by atoms with Crippen LogP contribution in [0.4, 0.5) is 18.0 Å². The Labute approximate surface area is 137 Å². The van der Waals surface area contributed by atoms with Crippen molar-refractivity contribution >= 4 is 11.9 Å². The highest BCUT2D eigenvalue weighted by molar-refractivity contribution is 5.99. The van der Waals surface area contributed by atoms with E-state index >= 15 is 0 Å². The highest BCUT2D eigenvalue weighted by Crippen LogP contribution is 2.26. The molecule has 0 spiro atoms. The van der Waals surface area contributed by atoms with Gasteiger partial charge in [0, 0.05) is 18.7 Å². The Morgan fingerprint density at radius 2 is 1.62 bits per heavy atom. The summed E-state index contributed by atoms with van der Waals surface area (Å²) in [7, 11) is 0. The molecular formula is C16H18F3NO4. The number of hydrogen-bond acceptors (Lipinski definition) is 4. The molecular weight excluding hydrogens is 327 g/mol. The topological polar surface area (TPSA) is 55.8 Å². The van der Waals surface area contributed by atoms with Crippen molar-refractivity contribution in [2.75, 3.05) is 13.1 Å². The fourth-order valence-corrected chi connectivity index (χ4v) is 2.18. The van der Waals surface area contributed by atoms with E-state index in [1.165, 1.54) is 17.0 Å². The monoisotopic (exact) mass is 345 g/mol. The van der Waals surface area contributed by atoms with Crippen LogP contribution in [0, 0.1) is 5.92 Å². The molecule has 1 fully saturated rings. The number of likely N-dealkylation sites (tertiary alicyclic amines) is 1. The van der Waals surface area contributed by atoms with E-state index in [9.17, 15) is 22.8 Å². The number of Topliss-reactive ketones (excluding diaryl/α,β-unsaturated/α-hetero) is 1. The van der Waals surface area contributed by atoms with E-state index in [0.717, 1.165) is 12.1 Å². The number of hydrogen-bond donors (Lipinski definition) is 0. The van der Waals surface area contributed by atoms with Crippen molar-refractivity contribution in [3.8, 4) is 5.75 Å². The van der Waals surface area contributed by atoms with Crippen LogP contribution < -0.4 is 4.74 Å². The predicted octanol–water partition coefficient (Wildman–Crippen LogP) is 3.63. The second kappa shape index (κ2) is 6.33. The third-order valence-electron chi connectivity index (χ3n) is 3.28. The summed E-state index contributed by atoms with van der Waals surface area (Å²) in [5.74, 6) is -0.997. The van der Waals surface area contributed by atoms with E-state index in [0.29, 0.717) is 0 Å². The molecule has 132 valence electrons. The minimum absolute atomic E-state index is 0.228. The largest absolute Gasteiger partial charge is 0.573 e. The number of carbonyl (C=O) groups excluding carboxylic acids is 2. The summed E-state index contributed by atoms with van der Waals surface area (Å²) >= 11 is 0. The molecule has 5 nitrogen and oxygen atoms in total. The first-order valence-corrected chi connectivity index (χ1v) is 7.32. The molecule has 0 unspecified atom stereocenters. The van der Waals surface area contributed by atoms with Crippen LogP contribution in [0.15, 0.2) is 24.3 Å². The standard InChI is InChI=1S/C16H18F3NO4/c1-15(2,3)24-14(22)20-8-11(9-20)13(21)10-4-6-12(7-5-10)23-16(17,18)19/h4-7,11H,8-9H2,1-3H3. The molecule has 0 aliphatic carbocycles. The van der Waals surface area contributed by atoms with Crippen LogP contribution in [0.25, 0.3) is 0 Å². The molecule has 1 aromatic rings. The Kier molecular flexibility index (Phi) is 4.77. The summed E-state index contributed by atoms with van der Waals surface area (Å²) in [4.78, 5) is 25.4. The van der Waals surface area contributed by atoms with Gasteiger partial charge in [0.25, 0.3) is 0 Å². The molecule has 8 heteroatoms. The Balaban J connectivity index is 1.89. The highest BCUT2D eigenvalue weighted by Gasteiger charge is 2.38. The number of benzene rings is 1. The molecule has 2 rings (SSSR count). The van der Waals surface area contributed by atoms with E-state index in [1.807, 2.05) is 0 Å². The van der Waals surface area contributed by atoms with Gasteiger partial charge in [0.1, 0.15) is 11.4 Å². The SMILES string of the molecule is CC(C)(C)OC(=O)N1CC(C(=O)c2ccc(OC(F)(F)F)cc2)C1. The Hall–Kier alpha value is -2.25. The second-order valence-electron chi connectivity index (χ2n) is 6.52. The average Bonchev–Trinajstić information content (AvgIpc) is 2.33. The number of rotatable bonds is 3. The molecule has 1 aliphatic rings. The summed E-state index contributed by atoms with van der Waals surface area (Å²) in [6, 6.07) is 4.73. The highest BCUT2D eigenvalue weighted by atomic mass is 19.4. The average molecular weight is 345 g/mol. The van der Waals surface area contributed by atoms with Crippen molar-refractivity contribution in [1.29, 1.82) is 0 Å². The molecule has 0 aromatic heterocycles. The van der Waals surface area contributed by atoms with Crippen LogP contribution in [0.5, 0.6) is 5.75 Å². The lowest BCUT2D eigenvalue weighted by Crippen LogP contribution is -2.54. The first-order valence-electron chi connectivity index (χ1n) is 7.32. The molecule has 0 atom stereocenters. The summed E-state index contributed by atoms with van der Waals surface area (Å²) in [5.41, 5.74) is -0.334. The Morgan fingerprint density at radius 3 is 2.08 bits per heavy atom. The third-order valence-corrected chi connectivity index (χ3v) is 3.28. The quantitative estimate of drug-likeness (QED) is 0.785. The van der Waals surface area contributed by atoms with E-state index < -0.39 is 18.1 Å². The van der Waals surface area contributed by atoms with Gasteiger partial charge in [0.2, 0.25) is 0 Å². The fourth-order valence-electron chi connectivity index (χ4n) is 2.18. The Morgan fingerprint density at radius 1 is 1.08 bits per heavy atom. The molecule has 1 aromatic carbocycles. The summed E-state index contributed by atoms with van der Waals surface area (Å²) < 4.78 is 45.2. The summed E-state index contributed by atoms with van der Waals surface area (Å²) in [5, 5.41) is 0. The maximum absolute atomic E-state index is 12.2. The molecule has 0 bridgehead atoms. The van der Waals surface area contributed by atoms with E-state index in [-0.39, 0.29) is 36.1 Å². The van der Waals surface area contributed by atoms with Gasteiger partial charge in [-0.1, -0.05) is 0 Å². The van der Waals surface area contributed by atoms with Gasteiger partial charge in [-0.25, -0.2) is 4.79 Å². The van der Waals surface area contributed by atoms with Crippen molar-refractivity contribution in [2.24, 2.45) is 5.92 Å². The number of ketones is 1.